The molecular weight excluding hydrogens is 194 g/mol. The predicted molar refractivity (Wildman–Crippen MR) is 63.9 cm³/mol. The summed E-state index contributed by atoms with van der Waals surface area (Å²) in [6.45, 7) is 12.8. The minimum Gasteiger partial charge on any atom is -0.303 e. The van der Waals surface area contributed by atoms with Gasteiger partial charge in [0.15, 0.2) is 0 Å². The summed E-state index contributed by atoms with van der Waals surface area (Å²) in [4.78, 5) is 2.56. The average molecular weight is 218 g/mol. The Morgan fingerprint density at radius 3 is 2.50 bits per heavy atom. The molecule has 1 heterocycles. The fourth-order valence-electron chi connectivity index (χ4n) is 1.90. The molecule has 2 unspecified atom stereocenters. The van der Waals surface area contributed by atoms with Crippen LogP contribution in [0.15, 0.2) is 0 Å². The number of nitrogens with zero attached hydrogens (tertiary/aromatic N) is 1. The van der Waals surface area contributed by atoms with Gasteiger partial charge in [0.1, 0.15) is 0 Å². The van der Waals surface area contributed by atoms with Gasteiger partial charge < -0.3 is 4.90 Å². The zero-order valence-electron chi connectivity index (χ0n) is 10.0. The molecular formula is C12H24ClN. The predicted octanol–water partition coefficient (Wildman–Crippen LogP) is 3.37. The zero-order valence-corrected chi connectivity index (χ0v) is 10.8. The number of hydrogen-bond acceptors (Lipinski definition) is 1. The van der Waals surface area contributed by atoms with E-state index >= 15 is 0 Å². The molecule has 0 amide bonds. The van der Waals surface area contributed by atoms with Crippen molar-refractivity contribution in [2.24, 2.45) is 11.3 Å². The fraction of sp³-hybridized carbons (Fsp3) is 1.00. The van der Waals surface area contributed by atoms with E-state index in [4.69, 9.17) is 11.6 Å². The van der Waals surface area contributed by atoms with Crippen molar-refractivity contribution in [1.29, 1.82) is 0 Å². The third kappa shape index (κ3) is 4.18. The van der Waals surface area contributed by atoms with Crippen molar-refractivity contribution < 1.29 is 0 Å². The van der Waals surface area contributed by atoms with Gasteiger partial charge >= 0.3 is 0 Å². The van der Waals surface area contributed by atoms with Crippen molar-refractivity contribution >= 4 is 11.6 Å². The molecule has 0 radical (unpaired) electrons. The summed E-state index contributed by atoms with van der Waals surface area (Å²) in [7, 11) is 0. The van der Waals surface area contributed by atoms with E-state index in [1.807, 2.05) is 0 Å². The van der Waals surface area contributed by atoms with Crippen LogP contribution in [0.4, 0.5) is 0 Å². The molecule has 1 saturated heterocycles. The van der Waals surface area contributed by atoms with Gasteiger partial charge in [-0.2, -0.15) is 0 Å². The smallest absolute Gasteiger partial charge is 0.0386 e. The Hall–Kier alpha value is 0.250. The molecule has 0 aromatic carbocycles. The molecule has 1 nitrogen and oxygen atoms in total. The molecule has 0 aromatic rings. The molecule has 0 saturated carbocycles. The number of piperidine rings is 1. The lowest BCUT2D eigenvalue weighted by molar-refractivity contribution is 0.165. The standard InChI is InChI=1S/C12H24ClN/c1-10-9-14(7-5-11(10)13)8-6-12(2,3)4/h10-11H,5-9H2,1-4H3. The van der Waals surface area contributed by atoms with Gasteiger partial charge in [-0.3, -0.25) is 0 Å². The Labute approximate surface area is 93.8 Å². The van der Waals surface area contributed by atoms with Crippen LogP contribution in [0.1, 0.15) is 40.5 Å². The molecule has 1 aliphatic rings. The number of rotatable bonds is 2. The number of hydrogen-bond donors (Lipinski definition) is 0. The summed E-state index contributed by atoms with van der Waals surface area (Å²) in [5.74, 6) is 0.658. The molecule has 1 fully saturated rings. The van der Waals surface area contributed by atoms with Crippen LogP contribution in [-0.2, 0) is 0 Å². The molecule has 14 heavy (non-hydrogen) atoms. The van der Waals surface area contributed by atoms with Crippen LogP contribution >= 0.6 is 11.6 Å². The van der Waals surface area contributed by atoms with Crippen LogP contribution in [0.25, 0.3) is 0 Å². The Morgan fingerprint density at radius 2 is 2.00 bits per heavy atom. The van der Waals surface area contributed by atoms with E-state index in [1.165, 1.54) is 26.1 Å². The molecule has 2 atom stereocenters. The summed E-state index contributed by atoms with van der Waals surface area (Å²) in [6, 6.07) is 0. The van der Waals surface area contributed by atoms with E-state index < -0.39 is 0 Å². The second kappa shape index (κ2) is 4.85. The second-order valence-electron chi connectivity index (χ2n) is 5.89. The van der Waals surface area contributed by atoms with Crippen molar-refractivity contribution in [3.8, 4) is 0 Å². The van der Waals surface area contributed by atoms with Gasteiger partial charge in [-0.1, -0.05) is 27.7 Å². The minimum atomic E-state index is 0.404. The van der Waals surface area contributed by atoms with E-state index in [0.29, 0.717) is 16.7 Å². The molecule has 1 rings (SSSR count). The number of halogens is 1. The highest BCUT2D eigenvalue weighted by atomic mass is 35.5. The highest BCUT2D eigenvalue weighted by molar-refractivity contribution is 6.20. The second-order valence-corrected chi connectivity index (χ2v) is 6.45. The lowest BCUT2D eigenvalue weighted by Crippen LogP contribution is -2.41. The highest BCUT2D eigenvalue weighted by Gasteiger charge is 2.24. The van der Waals surface area contributed by atoms with E-state index in [1.54, 1.807) is 0 Å². The van der Waals surface area contributed by atoms with Crippen molar-refractivity contribution in [3.63, 3.8) is 0 Å². The summed E-state index contributed by atoms with van der Waals surface area (Å²) < 4.78 is 0. The summed E-state index contributed by atoms with van der Waals surface area (Å²) in [5.41, 5.74) is 0.459. The SMILES string of the molecule is CC1CN(CCC(C)(C)C)CCC1Cl. The quantitative estimate of drug-likeness (QED) is 0.642. The maximum atomic E-state index is 6.20. The Balaban J connectivity index is 2.27. The summed E-state index contributed by atoms with van der Waals surface area (Å²) in [5, 5.41) is 0.404. The minimum absolute atomic E-state index is 0.404. The van der Waals surface area contributed by atoms with Crippen LogP contribution < -0.4 is 0 Å². The van der Waals surface area contributed by atoms with Gasteiger partial charge in [-0.15, -0.1) is 11.6 Å². The Kier molecular flexibility index (Phi) is 4.27. The monoisotopic (exact) mass is 217 g/mol. The van der Waals surface area contributed by atoms with Crippen LogP contribution in [0.2, 0.25) is 0 Å². The average Bonchev–Trinajstić information content (AvgIpc) is 2.06. The van der Waals surface area contributed by atoms with Crippen LogP contribution in [0.5, 0.6) is 0 Å². The van der Waals surface area contributed by atoms with E-state index in [9.17, 15) is 0 Å². The third-order valence-electron chi connectivity index (χ3n) is 3.06. The molecule has 0 N–H and O–H groups in total. The van der Waals surface area contributed by atoms with Gasteiger partial charge in [0.25, 0.3) is 0 Å². The maximum Gasteiger partial charge on any atom is 0.0386 e. The Bertz CT molecular complexity index is 174. The van der Waals surface area contributed by atoms with Crippen molar-refractivity contribution in [1.82, 2.24) is 4.90 Å². The van der Waals surface area contributed by atoms with E-state index in [-0.39, 0.29) is 0 Å². The lowest BCUT2D eigenvalue weighted by atomic mass is 9.91. The Morgan fingerprint density at radius 1 is 1.36 bits per heavy atom. The summed E-state index contributed by atoms with van der Waals surface area (Å²) in [6.07, 6.45) is 2.44. The first-order valence-electron chi connectivity index (χ1n) is 5.75. The zero-order chi connectivity index (χ0) is 10.8. The first-order chi connectivity index (χ1) is 6.38. The maximum absolute atomic E-state index is 6.20. The molecule has 84 valence electrons. The van der Waals surface area contributed by atoms with Crippen molar-refractivity contribution in [2.45, 2.75) is 45.9 Å². The molecule has 0 spiro atoms. The van der Waals surface area contributed by atoms with Gasteiger partial charge in [0.05, 0.1) is 0 Å². The molecule has 2 heteroatoms. The lowest BCUT2D eigenvalue weighted by Gasteiger charge is -2.35. The first-order valence-corrected chi connectivity index (χ1v) is 6.18. The highest BCUT2D eigenvalue weighted by Crippen LogP contribution is 2.24. The fourth-order valence-corrected chi connectivity index (χ4v) is 2.08. The van der Waals surface area contributed by atoms with E-state index in [2.05, 4.69) is 32.6 Å². The van der Waals surface area contributed by atoms with E-state index in [0.717, 1.165) is 6.42 Å². The third-order valence-corrected chi connectivity index (χ3v) is 3.71. The van der Waals surface area contributed by atoms with Crippen molar-refractivity contribution in [3.05, 3.63) is 0 Å². The molecule has 0 aromatic heterocycles. The number of likely N-dealkylation sites (tertiary alicyclic amines) is 1. The van der Waals surface area contributed by atoms with Gasteiger partial charge in [0, 0.05) is 11.9 Å². The first kappa shape index (κ1) is 12.3. The van der Waals surface area contributed by atoms with Gasteiger partial charge in [-0.05, 0) is 37.3 Å². The normalized spacial score (nSPS) is 30.6. The van der Waals surface area contributed by atoms with Crippen LogP contribution in [-0.4, -0.2) is 29.9 Å². The molecule has 0 aliphatic carbocycles. The summed E-state index contributed by atoms with van der Waals surface area (Å²) >= 11 is 6.20. The van der Waals surface area contributed by atoms with Crippen molar-refractivity contribution in [2.75, 3.05) is 19.6 Å². The molecule has 1 aliphatic heterocycles. The van der Waals surface area contributed by atoms with Gasteiger partial charge in [-0.25, -0.2) is 0 Å². The van der Waals surface area contributed by atoms with Crippen LogP contribution in [0, 0.1) is 11.3 Å². The largest absolute Gasteiger partial charge is 0.303 e. The molecule has 0 bridgehead atoms. The van der Waals surface area contributed by atoms with Crippen LogP contribution in [0.3, 0.4) is 0 Å². The number of alkyl halides is 1. The topological polar surface area (TPSA) is 3.24 Å². The van der Waals surface area contributed by atoms with Gasteiger partial charge in [0.2, 0.25) is 0 Å².